The molecule has 1 aromatic rings. The summed E-state index contributed by atoms with van der Waals surface area (Å²) in [6.07, 6.45) is 2.64. The van der Waals surface area contributed by atoms with Crippen LogP contribution in [-0.2, 0) is 4.43 Å². The van der Waals surface area contributed by atoms with E-state index in [1.807, 2.05) is 0 Å². The van der Waals surface area contributed by atoms with Crippen LogP contribution in [0, 0.1) is 0 Å². The summed E-state index contributed by atoms with van der Waals surface area (Å²) < 4.78 is 15.5. The highest BCUT2D eigenvalue weighted by Gasteiger charge is 2.30. The van der Waals surface area contributed by atoms with Gasteiger partial charge in [-0.3, -0.25) is 0 Å². The van der Waals surface area contributed by atoms with Gasteiger partial charge in [-0.05, 0) is 69.9 Å². The summed E-state index contributed by atoms with van der Waals surface area (Å²) in [5, 5.41) is 0. The zero-order valence-corrected chi connectivity index (χ0v) is 22.5. The fourth-order valence-electron chi connectivity index (χ4n) is 2.99. The summed E-state index contributed by atoms with van der Waals surface area (Å²) in [6, 6.07) is 8.67. The third kappa shape index (κ3) is 10.1. The second-order valence-corrected chi connectivity index (χ2v) is 24.3. The van der Waals surface area contributed by atoms with Crippen molar-refractivity contribution < 1.29 is 8.85 Å². The van der Waals surface area contributed by atoms with Crippen molar-refractivity contribution in [2.45, 2.75) is 84.8 Å². The molecule has 1 rings (SSSR count). The highest BCUT2D eigenvalue weighted by Crippen LogP contribution is 2.28. The third-order valence-corrected chi connectivity index (χ3v) is 8.43. The molecule has 1 unspecified atom stereocenters. The molecule has 27 heavy (non-hydrogen) atoms. The molecule has 1 aromatic carbocycles. The number of nitrogens with zero attached hydrogens (tertiary/aromatic N) is 1. The van der Waals surface area contributed by atoms with E-state index in [9.17, 15) is 0 Å². The van der Waals surface area contributed by atoms with Gasteiger partial charge < -0.3 is 13.4 Å². The Morgan fingerprint density at radius 3 is 1.81 bits per heavy atom. The molecule has 6 heteroatoms. The lowest BCUT2D eigenvalue weighted by atomic mass is 10.1. The van der Waals surface area contributed by atoms with Crippen molar-refractivity contribution in [1.82, 2.24) is 4.57 Å². The molecule has 0 fully saturated rings. The van der Waals surface area contributed by atoms with Crippen LogP contribution in [0.15, 0.2) is 24.3 Å². The van der Waals surface area contributed by atoms with Crippen molar-refractivity contribution in [2.24, 2.45) is 0 Å². The van der Waals surface area contributed by atoms with Gasteiger partial charge in [-0.15, -0.1) is 0 Å². The summed E-state index contributed by atoms with van der Waals surface area (Å²) in [5.74, 6) is 0.984. The molecule has 0 saturated carbocycles. The van der Waals surface area contributed by atoms with E-state index in [1.54, 1.807) is 0 Å². The van der Waals surface area contributed by atoms with Gasteiger partial charge in [0, 0.05) is 6.54 Å². The standard InChI is InChI=1S/C21H43NO2Si3/c1-11-12-17-22(25(2,3)4)18-21(24-27(8,9)10)19-13-15-20(16-14-19)23-26(5,6)7/h13-16,21H,11-12,17-18H2,1-10H3. The van der Waals surface area contributed by atoms with Gasteiger partial charge in [0.2, 0.25) is 8.32 Å². The number of hydrogen-bond donors (Lipinski definition) is 0. The zero-order chi connectivity index (χ0) is 20.9. The molecule has 0 spiro atoms. The van der Waals surface area contributed by atoms with Crippen molar-refractivity contribution in [3.05, 3.63) is 29.8 Å². The third-order valence-electron chi connectivity index (χ3n) is 4.29. The predicted molar refractivity (Wildman–Crippen MR) is 127 cm³/mol. The van der Waals surface area contributed by atoms with E-state index in [0.29, 0.717) is 0 Å². The summed E-state index contributed by atoms with van der Waals surface area (Å²) in [4.78, 5) is 0. The fourth-order valence-corrected chi connectivity index (χ4v) is 6.44. The first-order valence-electron chi connectivity index (χ1n) is 10.4. The molecular weight excluding hydrogens is 382 g/mol. The first-order valence-corrected chi connectivity index (χ1v) is 20.7. The Morgan fingerprint density at radius 1 is 0.852 bits per heavy atom. The molecule has 0 saturated heterocycles. The maximum atomic E-state index is 6.66. The molecular formula is C21H43NO2Si3. The number of unbranched alkanes of at least 4 members (excludes halogenated alkanes) is 1. The van der Waals surface area contributed by atoms with Crippen LogP contribution in [0.2, 0.25) is 58.9 Å². The first kappa shape index (κ1) is 24.6. The molecule has 156 valence electrons. The number of rotatable bonds is 11. The quantitative estimate of drug-likeness (QED) is 0.367. The summed E-state index contributed by atoms with van der Waals surface area (Å²) in [7, 11) is -4.61. The monoisotopic (exact) mass is 425 g/mol. The van der Waals surface area contributed by atoms with Gasteiger partial charge in [0.25, 0.3) is 0 Å². The average molecular weight is 426 g/mol. The highest BCUT2D eigenvalue weighted by atomic mass is 28.4. The summed E-state index contributed by atoms with van der Waals surface area (Å²) in [6.45, 7) is 25.3. The van der Waals surface area contributed by atoms with Gasteiger partial charge >= 0.3 is 0 Å². The minimum Gasteiger partial charge on any atom is -0.544 e. The molecule has 0 N–H and O–H groups in total. The minimum atomic E-state index is -1.65. The number of hydrogen-bond acceptors (Lipinski definition) is 3. The molecule has 0 aromatic heterocycles. The van der Waals surface area contributed by atoms with Crippen molar-refractivity contribution in [3.63, 3.8) is 0 Å². The normalized spacial score (nSPS) is 14.5. The van der Waals surface area contributed by atoms with Crippen molar-refractivity contribution >= 4 is 24.9 Å². The lowest BCUT2D eigenvalue weighted by Gasteiger charge is -2.38. The first-order chi connectivity index (χ1) is 12.2. The molecule has 0 heterocycles. The Balaban J connectivity index is 3.05. The molecule has 3 nitrogen and oxygen atoms in total. The van der Waals surface area contributed by atoms with Gasteiger partial charge in [0.05, 0.1) is 6.10 Å². The van der Waals surface area contributed by atoms with E-state index in [1.165, 1.54) is 24.9 Å². The molecule has 0 aliphatic carbocycles. The minimum absolute atomic E-state index is 0.140. The Labute approximate surface area is 171 Å². The Morgan fingerprint density at radius 2 is 1.41 bits per heavy atom. The topological polar surface area (TPSA) is 21.7 Å². The van der Waals surface area contributed by atoms with E-state index in [-0.39, 0.29) is 6.10 Å². The second-order valence-electron chi connectivity index (χ2n) is 10.5. The highest BCUT2D eigenvalue weighted by molar-refractivity contribution is 6.73. The van der Waals surface area contributed by atoms with Crippen molar-refractivity contribution in [1.29, 1.82) is 0 Å². The van der Waals surface area contributed by atoms with Crippen LogP contribution in [0.4, 0.5) is 0 Å². The molecule has 0 aliphatic heterocycles. The van der Waals surface area contributed by atoms with E-state index in [2.05, 4.69) is 94.7 Å². The Bertz CT molecular complexity index is 557. The van der Waals surface area contributed by atoms with Gasteiger partial charge in [-0.25, -0.2) is 0 Å². The molecule has 0 aliphatic rings. The molecule has 0 radical (unpaired) electrons. The maximum Gasteiger partial charge on any atom is 0.242 e. The molecule has 1 atom stereocenters. The average Bonchev–Trinajstić information content (AvgIpc) is 2.47. The predicted octanol–water partition coefficient (Wildman–Crippen LogP) is 6.73. The zero-order valence-electron chi connectivity index (χ0n) is 19.5. The summed E-state index contributed by atoms with van der Waals surface area (Å²) >= 11 is 0. The van der Waals surface area contributed by atoms with Crippen LogP contribution in [-0.4, -0.2) is 42.5 Å². The van der Waals surface area contributed by atoms with Crippen molar-refractivity contribution in [3.8, 4) is 5.75 Å². The van der Waals surface area contributed by atoms with Crippen LogP contribution in [0.1, 0.15) is 31.4 Å². The Kier molecular flexibility index (Phi) is 9.01. The lowest BCUT2D eigenvalue weighted by Crippen LogP contribution is -2.49. The van der Waals surface area contributed by atoms with E-state index < -0.39 is 24.9 Å². The number of benzene rings is 1. The van der Waals surface area contributed by atoms with Crippen LogP contribution in [0.3, 0.4) is 0 Å². The van der Waals surface area contributed by atoms with Crippen LogP contribution >= 0.6 is 0 Å². The van der Waals surface area contributed by atoms with E-state index in [4.69, 9.17) is 8.85 Å². The summed E-state index contributed by atoms with van der Waals surface area (Å²) in [5.41, 5.74) is 1.28. The second kappa shape index (κ2) is 9.87. The van der Waals surface area contributed by atoms with E-state index >= 15 is 0 Å². The van der Waals surface area contributed by atoms with Gasteiger partial charge in [0.1, 0.15) is 14.0 Å². The van der Waals surface area contributed by atoms with Crippen molar-refractivity contribution in [2.75, 3.05) is 13.1 Å². The van der Waals surface area contributed by atoms with Gasteiger partial charge in [-0.2, -0.15) is 0 Å². The maximum absolute atomic E-state index is 6.66. The molecule has 0 bridgehead atoms. The SMILES string of the molecule is CCCCN(CC(O[Si](C)(C)C)c1ccc(O[Si](C)(C)C)cc1)[Si](C)(C)C. The van der Waals surface area contributed by atoms with Crippen LogP contribution in [0.5, 0.6) is 5.75 Å². The van der Waals surface area contributed by atoms with Gasteiger partial charge in [0.15, 0.2) is 8.32 Å². The van der Waals surface area contributed by atoms with E-state index in [0.717, 1.165) is 12.3 Å². The van der Waals surface area contributed by atoms with Crippen LogP contribution in [0.25, 0.3) is 0 Å². The van der Waals surface area contributed by atoms with Gasteiger partial charge in [-0.1, -0.05) is 45.1 Å². The van der Waals surface area contributed by atoms with Crippen LogP contribution < -0.4 is 4.43 Å². The largest absolute Gasteiger partial charge is 0.544 e. The Hall–Kier alpha value is -0.409. The molecule has 0 amide bonds. The lowest BCUT2D eigenvalue weighted by molar-refractivity contribution is 0.161. The smallest absolute Gasteiger partial charge is 0.242 e. The fraction of sp³-hybridized carbons (Fsp3) is 0.714.